The molecule has 20 heavy (non-hydrogen) atoms. The summed E-state index contributed by atoms with van der Waals surface area (Å²) in [6, 6.07) is 2.64. The number of carbonyl (C=O) groups is 1. The molecule has 1 aromatic rings. The van der Waals surface area contributed by atoms with Crippen molar-refractivity contribution in [1.29, 1.82) is 0 Å². The van der Waals surface area contributed by atoms with Crippen LogP contribution < -0.4 is 5.32 Å². The van der Waals surface area contributed by atoms with Crippen LogP contribution in [0.4, 0.5) is 5.69 Å². The number of aryl methyl sites for hydroxylation is 1. The molecule has 2 rings (SSSR count). The standard InChI is InChI=1S/C13H15Cl2NO3S/c1-7-5-10(20(15,18)19)6-11(14)12(7)16-13(17)8(2)9-3-4-9/h5-6,8-9H,3-4H2,1-2H3,(H,16,17). The fourth-order valence-corrected chi connectivity index (χ4v) is 3.28. The maximum atomic E-state index is 12.1. The Morgan fingerprint density at radius 3 is 2.45 bits per heavy atom. The van der Waals surface area contributed by atoms with Crippen molar-refractivity contribution in [2.24, 2.45) is 11.8 Å². The molecule has 1 N–H and O–H groups in total. The summed E-state index contributed by atoms with van der Waals surface area (Å²) in [6.07, 6.45) is 2.15. The average molecular weight is 336 g/mol. The SMILES string of the molecule is Cc1cc(S(=O)(=O)Cl)cc(Cl)c1NC(=O)C(C)C1CC1. The van der Waals surface area contributed by atoms with Gasteiger partial charge in [0.15, 0.2) is 0 Å². The lowest BCUT2D eigenvalue weighted by Crippen LogP contribution is -2.22. The molecule has 1 fully saturated rings. The summed E-state index contributed by atoms with van der Waals surface area (Å²) >= 11 is 6.05. The first-order valence-electron chi connectivity index (χ1n) is 6.26. The van der Waals surface area contributed by atoms with Gasteiger partial charge in [0, 0.05) is 16.6 Å². The van der Waals surface area contributed by atoms with Gasteiger partial charge in [0.25, 0.3) is 9.05 Å². The van der Waals surface area contributed by atoms with E-state index in [1.807, 2.05) is 6.92 Å². The monoisotopic (exact) mass is 335 g/mol. The highest BCUT2D eigenvalue weighted by Gasteiger charge is 2.33. The number of carbonyl (C=O) groups excluding carboxylic acids is 1. The fraction of sp³-hybridized carbons (Fsp3) is 0.462. The Bertz CT molecular complexity index is 631. The maximum Gasteiger partial charge on any atom is 0.261 e. The van der Waals surface area contributed by atoms with Crippen molar-refractivity contribution in [1.82, 2.24) is 0 Å². The third-order valence-electron chi connectivity index (χ3n) is 3.53. The van der Waals surface area contributed by atoms with Crippen molar-refractivity contribution in [3.63, 3.8) is 0 Å². The van der Waals surface area contributed by atoms with Crippen LogP contribution in [-0.4, -0.2) is 14.3 Å². The van der Waals surface area contributed by atoms with Gasteiger partial charge in [-0.3, -0.25) is 4.79 Å². The van der Waals surface area contributed by atoms with E-state index in [4.69, 9.17) is 22.3 Å². The van der Waals surface area contributed by atoms with E-state index >= 15 is 0 Å². The Hall–Kier alpha value is -0.780. The van der Waals surface area contributed by atoms with Crippen molar-refractivity contribution >= 4 is 42.9 Å². The van der Waals surface area contributed by atoms with Crippen molar-refractivity contribution in [3.8, 4) is 0 Å². The molecule has 0 bridgehead atoms. The molecule has 0 heterocycles. The van der Waals surface area contributed by atoms with Crippen LogP contribution in [-0.2, 0) is 13.8 Å². The minimum atomic E-state index is -3.84. The van der Waals surface area contributed by atoms with Gasteiger partial charge < -0.3 is 5.32 Å². The number of benzene rings is 1. The van der Waals surface area contributed by atoms with Gasteiger partial charge in [-0.15, -0.1) is 0 Å². The van der Waals surface area contributed by atoms with E-state index in [0.717, 1.165) is 12.8 Å². The molecule has 1 aromatic carbocycles. The van der Waals surface area contributed by atoms with Gasteiger partial charge in [-0.2, -0.15) is 0 Å². The van der Waals surface area contributed by atoms with Gasteiger partial charge in [-0.05, 0) is 43.4 Å². The molecule has 1 atom stereocenters. The molecule has 0 radical (unpaired) electrons. The van der Waals surface area contributed by atoms with E-state index in [2.05, 4.69) is 5.32 Å². The molecular formula is C13H15Cl2NO3S. The molecule has 1 aliphatic carbocycles. The minimum Gasteiger partial charge on any atom is -0.324 e. The number of anilines is 1. The predicted octanol–water partition coefficient (Wildman–Crippen LogP) is 3.56. The second-order valence-corrected chi connectivity index (χ2v) is 8.12. The van der Waals surface area contributed by atoms with Crippen molar-refractivity contribution < 1.29 is 13.2 Å². The largest absolute Gasteiger partial charge is 0.324 e. The van der Waals surface area contributed by atoms with E-state index < -0.39 is 9.05 Å². The van der Waals surface area contributed by atoms with Gasteiger partial charge in [0.2, 0.25) is 5.91 Å². The summed E-state index contributed by atoms with van der Waals surface area (Å²) in [5.41, 5.74) is 1.00. The van der Waals surface area contributed by atoms with Crippen LogP contribution in [0.3, 0.4) is 0 Å². The molecule has 0 aromatic heterocycles. The van der Waals surface area contributed by atoms with Crippen LogP contribution in [0.1, 0.15) is 25.3 Å². The molecule has 7 heteroatoms. The van der Waals surface area contributed by atoms with Crippen LogP contribution in [0.25, 0.3) is 0 Å². The minimum absolute atomic E-state index is 0.0677. The van der Waals surface area contributed by atoms with Crippen LogP contribution in [0.2, 0.25) is 5.02 Å². The Morgan fingerprint density at radius 2 is 2.00 bits per heavy atom. The summed E-state index contributed by atoms with van der Waals surface area (Å²) in [4.78, 5) is 12.0. The van der Waals surface area contributed by atoms with Crippen LogP contribution in [0.15, 0.2) is 17.0 Å². The lowest BCUT2D eigenvalue weighted by atomic mass is 10.1. The van der Waals surface area contributed by atoms with Crippen molar-refractivity contribution in [2.75, 3.05) is 5.32 Å². The third kappa shape index (κ3) is 3.45. The molecule has 1 aliphatic rings. The number of hydrogen-bond donors (Lipinski definition) is 1. The number of hydrogen-bond acceptors (Lipinski definition) is 3. The smallest absolute Gasteiger partial charge is 0.261 e. The number of halogens is 2. The maximum absolute atomic E-state index is 12.1. The average Bonchev–Trinajstić information content (AvgIpc) is 3.15. The Kier molecular flexibility index (Phi) is 4.33. The third-order valence-corrected chi connectivity index (χ3v) is 5.16. The van der Waals surface area contributed by atoms with Crippen molar-refractivity contribution in [3.05, 3.63) is 22.7 Å². The van der Waals surface area contributed by atoms with E-state index in [9.17, 15) is 13.2 Å². The number of rotatable bonds is 4. The first kappa shape index (κ1) is 15.6. The highest BCUT2D eigenvalue weighted by Crippen LogP contribution is 2.38. The van der Waals surface area contributed by atoms with Gasteiger partial charge in [0.05, 0.1) is 15.6 Å². The lowest BCUT2D eigenvalue weighted by Gasteiger charge is -2.15. The number of nitrogens with one attached hydrogen (secondary N) is 1. The lowest BCUT2D eigenvalue weighted by molar-refractivity contribution is -0.119. The molecule has 1 amide bonds. The fourth-order valence-electron chi connectivity index (χ4n) is 2.06. The highest BCUT2D eigenvalue weighted by molar-refractivity contribution is 8.13. The summed E-state index contributed by atoms with van der Waals surface area (Å²) in [5.74, 6) is 0.275. The first-order valence-corrected chi connectivity index (χ1v) is 8.94. The van der Waals surface area contributed by atoms with Crippen molar-refractivity contribution in [2.45, 2.75) is 31.6 Å². The van der Waals surface area contributed by atoms with Gasteiger partial charge in [-0.1, -0.05) is 18.5 Å². The normalized spacial score (nSPS) is 16.8. The second-order valence-electron chi connectivity index (χ2n) is 5.15. The Labute approximate surface area is 127 Å². The summed E-state index contributed by atoms with van der Waals surface area (Å²) < 4.78 is 22.6. The Morgan fingerprint density at radius 1 is 1.40 bits per heavy atom. The first-order chi connectivity index (χ1) is 9.20. The summed E-state index contributed by atoms with van der Waals surface area (Å²) in [6.45, 7) is 3.56. The van der Waals surface area contributed by atoms with Gasteiger partial charge in [0.1, 0.15) is 0 Å². The van der Waals surface area contributed by atoms with E-state index in [1.165, 1.54) is 12.1 Å². The quantitative estimate of drug-likeness (QED) is 0.855. The molecule has 0 saturated heterocycles. The molecule has 1 unspecified atom stereocenters. The van der Waals surface area contributed by atoms with Gasteiger partial charge >= 0.3 is 0 Å². The van der Waals surface area contributed by atoms with E-state index in [1.54, 1.807) is 6.92 Å². The molecule has 4 nitrogen and oxygen atoms in total. The summed E-state index contributed by atoms with van der Waals surface area (Å²) in [7, 11) is 1.45. The molecule has 110 valence electrons. The zero-order valence-electron chi connectivity index (χ0n) is 11.1. The summed E-state index contributed by atoms with van der Waals surface area (Å²) in [5, 5.41) is 2.94. The van der Waals surface area contributed by atoms with E-state index in [-0.39, 0.29) is 21.7 Å². The highest BCUT2D eigenvalue weighted by atomic mass is 35.7. The van der Waals surface area contributed by atoms with Crippen LogP contribution in [0.5, 0.6) is 0 Å². The van der Waals surface area contributed by atoms with Crippen LogP contribution in [0, 0.1) is 18.8 Å². The van der Waals surface area contributed by atoms with Gasteiger partial charge in [-0.25, -0.2) is 8.42 Å². The topological polar surface area (TPSA) is 63.2 Å². The molecular weight excluding hydrogens is 321 g/mol. The molecule has 0 spiro atoms. The molecule has 1 saturated carbocycles. The van der Waals surface area contributed by atoms with E-state index in [0.29, 0.717) is 17.2 Å². The van der Waals surface area contributed by atoms with Crippen LogP contribution >= 0.6 is 22.3 Å². The predicted molar refractivity (Wildman–Crippen MR) is 79.7 cm³/mol. The molecule has 0 aliphatic heterocycles. The Balaban J connectivity index is 2.26. The zero-order chi connectivity index (χ0) is 15.1. The zero-order valence-corrected chi connectivity index (χ0v) is 13.4. The second kappa shape index (κ2) is 5.54. The number of amides is 1.